The highest BCUT2D eigenvalue weighted by Crippen LogP contribution is 2.16. The Kier molecular flexibility index (Phi) is 5.25. The summed E-state index contributed by atoms with van der Waals surface area (Å²) >= 11 is 0. The second-order valence-corrected chi connectivity index (χ2v) is 6.19. The minimum atomic E-state index is -2.88. The molecule has 1 heterocycles. The third kappa shape index (κ3) is 3.99. The zero-order chi connectivity index (χ0) is 19.6. The SMILES string of the molecule is CN(Cc1ccc(OC(F)F)cc1)C(=O)Cn1c(=O)n(C)c2ccccc21. The predicted octanol–water partition coefficient (Wildman–Crippen LogP) is 2.60. The number of nitrogens with zero attached hydrogens (tertiary/aromatic N) is 3. The van der Waals surface area contributed by atoms with Crippen LogP contribution in [-0.2, 0) is 24.9 Å². The van der Waals surface area contributed by atoms with Crippen LogP contribution in [0.3, 0.4) is 0 Å². The number of carbonyl (C=O) groups excluding carboxylic acids is 1. The Balaban J connectivity index is 1.72. The number of rotatable bonds is 6. The van der Waals surface area contributed by atoms with Crippen LogP contribution in [0.5, 0.6) is 5.75 Å². The fourth-order valence-electron chi connectivity index (χ4n) is 2.91. The van der Waals surface area contributed by atoms with Crippen molar-refractivity contribution in [1.82, 2.24) is 14.0 Å². The first-order valence-corrected chi connectivity index (χ1v) is 8.29. The maximum absolute atomic E-state index is 12.6. The van der Waals surface area contributed by atoms with Crippen molar-refractivity contribution < 1.29 is 18.3 Å². The molecule has 0 saturated heterocycles. The first-order valence-electron chi connectivity index (χ1n) is 8.29. The zero-order valence-electron chi connectivity index (χ0n) is 14.9. The summed E-state index contributed by atoms with van der Waals surface area (Å²) in [6, 6.07) is 13.4. The molecule has 0 bridgehead atoms. The van der Waals surface area contributed by atoms with E-state index in [0.717, 1.165) is 11.1 Å². The first-order chi connectivity index (χ1) is 12.9. The van der Waals surface area contributed by atoms with E-state index in [1.165, 1.54) is 26.2 Å². The predicted molar refractivity (Wildman–Crippen MR) is 96.7 cm³/mol. The van der Waals surface area contributed by atoms with Gasteiger partial charge in [-0.3, -0.25) is 13.9 Å². The number of fused-ring (bicyclic) bond motifs is 1. The number of ether oxygens (including phenoxy) is 1. The Labute approximate surface area is 154 Å². The summed E-state index contributed by atoms with van der Waals surface area (Å²) in [6.07, 6.45) is 0. The Morgan fingerprint density at radius 3 is 2.37 bits per heavy atom. The minimum Gasteiger partial charge on any atom is -0.435 e. The van der Waals surface area contributed by atoms with Crippen LogP contribution in [-0.4, -0.2) is 33.6 Å². The molecule has 0 saturated carbocycles. The summed E-state index contributed by atoms with van der Waals surface area (Å²) in [7, 11) is 3.29. The number of hydrogen-bond donors (Lipinski definition) is 0. The highest BCUT2D eigenvalue weighted by atomic mass is 19.3. The number of carbonyl (C=O) groups is 1. The van der Waals surface area contributed by atoms with Gasteiger partial charge in [-0.25, -0.2) is 4.79 Å². The van der Waals surface area contributed by atoms with Gasteiger partial charge in [-0.1, -0.05) is 24.3 Å². The lowest BCUT2D eigenvalue weighted by Crippen LogP contribution is -2.33. The Hall–Kier alpha value is -3.16. The van der Waals surface area contributed by atoms with E-state index < -0.39 is 6.61 Å². The van der Waals surface area contributed by atoms with Gasteiger partial charge in [-0.15, -0.1) is 0 Å². The molecule has 0 aliphatic carbocycles. The van der Waals surface area contributed by atoms with Gasteiger partial charge in [0.05, 0.1) is 11.0 Å². The molecule has 0 aliphatic heterocycles. The van der Waals surface area contributed by atoms with Gasteiger partial charge in [-0.05, 0) is 29.8 Å². The molecule has 0 spiro atoms. The van der Waals surface area contributed by atoms with Crippen molar-refractivity contribution in [2.45, 2.75) is 19.7 Å². The van der Waals surface area contributed by atoms with Crippen molar-refractivity contribution in [2.75, 3.05) is 7.05 Å². The molecular weight excluding hydrogens is 356 g/mol. The molecule has 27 heavy (non-hydrogen) atoms. The molecule has 142 valence electrons. The lowest BCUT2D eigenvalue weighted by atomic mass is 10.2. The third-order valence-corrected chi connectivity index (χ3v) is 4.34. The topological polar surface area (TPSA) is 56.5 Å². The number of benzene rings is 2. The lowest BCUT2D eigenvalue weighted by molar-refractivity contribution is -0.131. The smallest absolute Gasteiger partial charge is 0.387 e. The van der Waals surface area contributed by atoms with Gasteiger partial charge in [0.15, 0.2) is 0 Å². The van der Waals surface area contributed by atoms with Crippen LogP contribution < -0.4 is 10.4 Å². The number of halogens is 2. The molecule has 0 unspecified atom stereocenters. The summed E-state index contributed by atoms with van der Waals surface area (Å²) < 4.78 is 31.6. The summed E-state index contributed by atoms with van der Waals surface area (Å²) in [5.41, 5.74) is 1.96. The van der Waals surface area contributed by atoms with Crippen LogP contribution in [0, 0.1) is 0 Å². The Bertz CT molecular complexity index is 1010. The van der Waals surface area contributed by atoms with Crippen molar-refractivity contribution in [1.29, 1.82) is 0 Å². The highest BCUT2D eigenvalue weighted by Gasteiger charge is 2.16. The van der Waals surface area contributed by atoms with Crippen molar-refractivity contribution in [2.24, 2.45) is 7.05 Å². The van der Waals surface area contributed by atoms with Crippen LogP contribution >= 0.6 is 0 Å². The second kappa shape index (κ2) is 7.61. The molecule has 0 radical (unpaired) electrons. The molecule has 0 atom stereocenters. The number of imidazole rings is 1. The van der Waals surface area contributed by atoms with Crippen molar-refractivity contribution in [3.63, 3.8) is 0 Å². The molecule has 8 heteroatoms. The summed E-state index contributed by atoms with van der Waals surface area (Å²) in [5.74, 6) is -0.175. The maximum atomic E-state index is 12.6. The number of aryl methyl sites for hydroxylation is 1. The lowest BCUT2D eigenvalue weighted by Gasteiger charge is -2.18. The Morgan fingerprint density at radius 2 is 1.74 bits per heavy atom. The Morgan fingerprint density at radius 1 is 1.11 bits per heavy atom. The second-order valence-electron chi connectivity index (χ2n) is 6.19. The van der Waals surface area contributed by atoms with Gasteiger partial charge in [0, 0.05) is 20.6 Å². The minimum absolute atomic E-state index is 0.0602. The van der Waals surface area contributed by atoms with E-state index in [9.17, 15) is 18.4 Å². The van der Waals surface area contributed by atoms with E-state index >= 15 is 0 Å². The van der Waals surface area contributed by atoms with Gasteiger partial charge >= 0.3 is 12.3 Å². The fourth-order valence-corrected chi connectivity index (χ4v) is 2.91. The van der Waals surface area contributed by atoms with E-state index in [1.54, 1.807) is 32.3 Å². The fraction of sp³-hybridized carbons (Fsp3) is 0.263. The van der Waals surface area contributed by atoms with Crippen LogP contribution in [0.1, 0.15) is 5.56 Å². The number of alkyl halides is 2. The molecule has 1 amide bonds. The number of para-hydroxylation sites is 2. The van der Waals surface area contributed by atoms with Gasteiger partial charge in [0.2, 0.25) is 5.91 Å². The van der Waals surface area contributed by atoms with Crippen molar-refractivity contribution in [3.8, 4) is 5.75 Å². The van der Waals surface area contributed by atoms with Gasteiger partial charge in [0.25, 0.3) is 0 Å². The van der Waals surface area contributed by atoms with Crippen molar-refractivity contribution in [3.05, 3.63) is 64.6 Å². The average molecular weight is 375 g/mol. The van der Waals surface area contributed by atoms with E-state index in [4.69, 9.17) is 0 Å². The highest BCUT2D eigenvalue weighted by molar-refractivity contribution is 5.80. The molecule has 0 N–H and O–H groups in total. The molecule has 6 nitrogen and oxygen atoms in total. The molecular formula is C19H19F2N3O3. The number of aromatic nitrogens is 2. The average Bonchev–Trinajstić information content (AvgIpc) is 2.88. The zero-order valence-corrected chi connectivity index (χ0v) is 14.9. The molecule has 0 fully saturated rings. The molecule has 3 aromatic rings. The monoisotopic (exact) mass is 375 g/mol. The molecule has 2 aromatic carbocycles. The summed E-state index contributed by atoms with van der Waals surface area (Å²) in [5, 5.41) is 0. The normalized spacial score (nSPS) is 11.1. The summed E-state index contributed by atoms with van der Waals surface area (Å²) in [4.78, 5) is 26.5. The van der Waals surface area contributed by atoms with Gasteiger partial charge in [-0.2, -0.15) is 8.78 Å². The number of amides is 1. The number of likely N-dealkylation sites (N-methyl/N-ethyl adjacent to an activating group) is 1. The van der Waals surface area contributed by atoms with Gasteiger partial charge < -0.3 is 9.64 Å². The van der Waals surface area contributed by atoms with E-state index in [2.05, 4.69) is 4.74 Å². The van der Waals surface area contributed by atoms with Crippen molar-refractivity contribution >= 4 is 16.9 Å². The summed E-state index contributed by atoms with van der Waals surface area (Å²) in [6.45, 7) is -2.67. The van der Waals surface area contributed by atoms with Gasteiger partial charge in [0.1, 0.15) is 12.3 Å². The largest absolute Gasteiger partial charge is 0.435 e. The molecule has 3 rings (SSSR count). The van der Waals surface area contributed by atoms with E-state index in [0.29, 0.717) is 5.52 Å². The third-order valence-electron chi connectivity index (χ3n) is 4.34. The van der Waals surface area contributed by atoms with E-state index in [-0.39, 0.29) is 30.4 Å². The molecule has 0 aliphatic rings. The van der Waals surface area contributed by atoms with Crippen LogP contribution in [0.25, 0.3) is 11.0 Å². The van der Waals surface area contributed by atoms with Crippen LogP contribution in [0.2, 0.25) is 0 Å². The van der Waals surface area contributed by atoms with Crippen LogP contribution in [0.4, 0.5) is 8.78 Å². The standard InChI is InChI=1S/C19H19F2N3O3/c1-22(11-13-7-9-14(10-8-13)27-18(20)21)17(25)12-24-16-6-4-3-5-15(16)23(2)19(24)26/h3-10,18H,11-12H2,1-2H3. The first kappa shape index (κ1) is 18.6. The van der Waals surface area contributed by atoms with Crippen LogP contribution in [0.15, 0.2) is 53.3 Å². The maximum Gasteiger partial charge on any atom is 0.387 e. The van der Waals surface area contributed by atoms with E-state index in [1.807, 2.05) is 18.2 Å². The number of hydrogen-bond acceptors (Lipinski definition) is 3. The quantitative estimate of drug-likeness (QED) is 0.666. The molecule has 1 aromatic heterocycles.